The maximum Gasteiger partial charge on any atom is 0.328 e. The summed E-state index contributed by atoms with van der Waals surface area (Å²) in [5.41, 5.74) is 0.694. The zero-order chi connectivity index (χ0) is 12.7. The lowest BCUT2D eigenvalue weighted by Gasteiger charge is -2.06. The molecule has 17 heavy (non-hydrogen) atoms. The van der Waals surface area contributed by atoms with Crippen molar-refractivity contribution >= 4 is 18.0 Å². The van der Waals surface area contributed by atoms with E-state index < -0.39 is 5.97 Å². The molecule has 1 aromatic rings. The number of carboxylic acid groups (broad SMARTS) is 1. The van der Waals surface area contributed by atoms with Crippen molar-refractivity contribution in [2.24, 2.45) is 0 Å². The van der Waals surface area contributed by atoms with Crippen molar-refractivity contribution in [3.63, 3.8) is 0 Å². The Labute approximate surface area is 99.7 Å². The number of hydrogen-bond acceptors (Lipinski definition) is 2. The van der Waals surface area contributed by atoms with Gasteiger partial charge in [0.15, 0.2) is 0 Å². The Balaban J connectivity index is 2.62. The molecule has 0 aliphatic heterocycles. The van der Waals surface area contributed by atoms with Crippen molar-refractivity contribution in [1.29, 1.82) is 0 Å². The predicted molar refractivity (Wildman–Crippen MR) is 64.4 cm³/mol. The van der Waals surface area contributed by atoms with Crippen molar-refractivity contribution in [2.75, 3.05) is 6.54 Å². The standard InChI is InChI=1S/C12H16N2O3/c1-2-7-13-11(15)9-14-8-3-4-10(14)5-6-12(16)17/h3-6,8H,2,7,9H2,1H3,(H,13,15)(H,16,17)/b6-5+. The van der Waals surface area contributed by atoms with Crippen LogP contribution in [0.1, 0.15) is 19.0 Å². The first-order valence-corrected chi connectivity index (χ1v) is 5.46. The fraction of sp³-hybridized carbons (Fsp3) is 0.333. The Kier molecular flexibility index (Phi) is 5.00. The van der Waals surface area contributed by atoms with Crippen LogP contribution in [0.2, 0.25) is 0 Å². The number of amides is 1. The van der Waals surface area contributed by atoms with Gasteiger partial charge in [-0.25, -0.2) is 4.79 Å². The van der Waals surface area contributed by atoms with Gasteiger partial charge in [0, 0.05) is 24.5 Å². The van der Waals surface area contributed by atoms with E-state index in [1.807, 2.05) is 6.92 Å². The normalized spacial score (nSPS) is 10.6. The average molecular weight is 236 g/mol. The SMILES string of the molecule is CCCNC(=O)Cn1cccc1/C=C/C(=O)O. The van der Waals surface area contributed by atoms with E-state index in [1.165, 1.54) is 6.08 Å². The number of rotatable bonds is 6. The van der Waals surface area contributed by atoms with Crippen molar-refractivity contribution in [3.8, 4) is 0 Å². The first kappa shape index (κ1) is 13.0. The summed E-state index contributed by atoms with van der Waals surface area (Å²) in [7, 11) is 0. The number of hydrogen-bond donors (Lipinski definition) is 2. The Morgan fingerprint density at radius 2 is 2.29 bits per heavy atom. The van der Waals surface area contributed by atoms with Gasteiger partial charge in [-0.05, 0) is 24.6 Å². The fourth-order valence-electron chi connectivity index (χ4n) is 1.35. The van der Waals surface area contributed by atoms with E-state index in [0.717, 1.165) is 12.5 Å². The lowest BCUT2D eigenvalue weighted by Crippen LogP contribution is -2.28. The molecule has 0 fully saturated rings. The summed E-state index contributed by atoms with van der Waals surface area (Å²) in [6, 6.07) is 3.53. The number of aliphatic carboxylic acids is 1. The van der Waals surface area contributed by atoms with E-state index in [0.29, 0.717) is 12.2 Å². The second-order valence-electron chi connectivity index (χ2n) is 3.58. The lowest BCUT2D eigenvalue weighted by atomic mass is 10.3. The molecule has 0 aliphatic rings. The van der Waals surface area contributed by atoms with Crippen LogP contribution in [-0.2, 0) is 16.1 Å². The van der Waals surface area contributed by atoms with E-state index in [9.17, 15) is 9.59 Å². The highest BCUT2D eigenvalue weighted by molar-refractivity contribution is 5.85. The van der Waals surface area contributed by atoms with Crippen molar-refractivity contribution in [1.82, 2.24) is 9.88 Å². The minimum absolute atomic E-state index is 0.0759. The fourth-order valence-corrected chi connectivity index (χ4v) is 1.35. The largest absolute Gasteiger partial charge is 0.478 e. The van der Waals surface area contributed by atoms with Gasteiger partial charge in [0.1, 0.15) is 6.54 Å². The topological polar surface area (TPSA) is 71.3 Å². The zero-order valence-electron chi connectivity index (χ0n) is 9.72. The minimum atomic E-state index is -1.01. The summed E-state index contributed by atoms with van der Waals surface area (Å²) in [4.78, 5) is 21.9. The molecule has 0 bridgehead atoms. The smallest absolute Gasteiger partial charge is 0.328 e. The monoisotopic (exact) mass is 236 g/mol. The highest BCUT2D eigenvalue weighted by Gasteiger charge is 2.04. The number of carbonyl (C=O) groups is 2. The second kappa shape index (κ2) is 6.52. The number of nitrogens with one attached hydrogen (secondary N) is 1. The van der Waals surface area contributed by atoms with E-state index >= 15 is 0 Å². The quantitative estimate of drug-likeness (QED) is 0.727. The van der Waals surface area contributed by atoms with Crippen LogP contribution in [0.15, 0.2) is 24.4 Å². The van der Waals surface area contributed by atoms with Crippen molar-refractivity contribution in [2.45, 2.75) is 19.9 Å². The summed E-state index contributed by atoms with van der Waals surface area (Å²) in [5, 5.41) is 11.3. The molecule has 0 spiro atoms. The molecule has 0 aliphatic carbocycles. The molecule has 2 N–H and O–H groups in total. The molecule has 92 valence electrons. The second-order valence-corrected chi connectivity index (χ2v) is 3.58. The summed E-state index contributed by atoms with van der Waals surface area (Å²) in [6.45, 7) is 2.84. The van der Waals surface area contributed by atoms with E-state index in [-0.39, 0.29) is 12.5 Å². The Morgan fingerprint density at radius 3 is 2.94 bits per heavy atom. The summed E-state index contributed by atoms with van der Waals surface area (Å²) >= 11 is 0. The third-order valence-corrected chi connectivity index (χ3v) is 2.15. The highest BCUT2D eigenvalue weighted by Crippen LogP contribution is 2.04. The number of carboxylic acids is 1. The summed E-state index contributed by atoms with van der Waals surface area (Å²) in [6.07, 6.45) is 5.15. The molecule has 0 saturated carbocycles. The van der Waals surface area contributed by atoms with Crippen LogP contribution < -0.4 is 5.32 Å². The van der Waals surface area contributed by atoms with Gasteiger partial charge in [-0.15, -0.1) is 0 Å². The Morgan fingerprint density at radius 1 is 1.53 bits per heavy atom. The lowest BCUT2D eigenvalue weighted by molar-refractivity contribution is -0.131. The maximum atomic E-state index is 11.5. The average Bonchev–Trinajstić information content (AvgIpc) is 2.71. The van der Waals surface area contributed by atoms with Gasteiger partial charge >= 0.3 is 5.97 Å². The van der Waals surface area contributed by atoms with E-state index in [4.69, 9.17) is 5.11 Å². The molecular weight excluding hydrogens is 220 g/mol. The van der Waals surface area contributed by atoms with Gasteiger partial charge in [0.25, 0.3) is 0 Å². The van der Waals surface area contributed by atoms with Crippen LogP contribution in [0.3, 0.4) is 0 Å². The van der Waals surface area contributed by atoms with Gasteiger partial charge in [0.2, 0.25) is 5.91 Å². The maximum absolute atomic E-state index is 11.5. The van der Waals surface area contributed by atoms with Crippen LogP contribution in [0.5, 0.6) is 0 Å². The third kappa shape index (κ3) is 4.55. The number of carbonyl (C=O) groups excluding carboxylic acids is 1. The van der Waals surface area contributed by atoms with E-state index in [1.54, 1.807) is 22.9 Å². The highest BCUT2D eigenvalue weighted by atomic mass is 16.4. The summed E-state index contributed by atoms with van der Waals surface area (Å²) in [5.74, 6) is -1.08. The van der Waals surface area contributed by atoms with Gasteiger partial charge in [-0.3, -0.25) is 4.79 Å². The van der Waals surface area contributed by atoms with Crippen LogP contribution in [-0.4, -0.2) is 28.1 Å². The van der Waals surface area contributed by atoms with Crippen molar-refractivity contribution in [3.05, 3.63) is 30.1 Å². The van der Waals surface area contributed by atoms with E-state index in [2.05, 4.69) is 5.32 Å². The molecule has 0 aromatic carbocycles. The zero-order valence-corrected chi connectivity index (χ0v) is 9.72. The predicted octanol–water partition coefficient (Wildman–Crippen LogP) is 1.11. The Bertz CT molecular complexity index is 421. The molecule has 1 amide bonds. The van der Waals surface area contributed by atoms with Crippen molar-refractivity contribution < 1.29 is 14.7 Å². The third-order valence-electron chi connectivity index (χ3n) is 2.15. The van der Waals surface area contributed by atoms with Gasteiger partial charge in [-0.2, -0.15) is 0 Å². The molecule has 0 unspecified atom stereocenters. The first-order valence-electron chi connectivity index (χ1n) is 5.46. The van der Waals surface area contributed by atoms with Crippen LogP contribution in [0.25, 0.3) is 6.08 Å². The molecule has 1 rings (SSSR count). The van der Waals surface area contributed by atoms with Gasteiger partial charge in [-0.1, -0.05) is 6.92 Å². The molecule has 0 radical (unpaired) electrons. The molecular formula is C12H16N2O3. The molecule has 0 saturated heterocycles. The van der Waals surface area contributed by atoms with Crippen LogP contribution >= 0.6 is 0 Å². The van der Waals surface area contributed by atoms with Gasteiger partial charge < -0.3 is 15.0 Å². The Hall–Kier alpha value is -2.04. The molecule has 5 nitrogen and oxygen atoms in total. The minimum Gasteiger partial charge on any atom is -0.478 e. The summed E-state index contributed by atoms with van der Waals surface area (Å²) < 4.78 is 1.70. The number of nitrogens with zero attached hydrogens (tertiary/aromatic N) is 1. The number of aromatic nitrogens is 1. The molecule has 1 heterocycles. The molecule has 0 atom stereocenters. The molecule has 1 aromatic heterocycles. The van der Waals surface area contributed by atoms with Crippen LogP contribution in [0.4, 0.5) is 0 Å². The molecule has 5 heteroatoms. The van der Waals surface area contributed by atoms with Crippen LogP contribution in [0, 0.1) is 0 Å². The first-order chi connectivity index (χ1) is 8.13. The van der Waals surface area contributed by atoms with Gasteiger partial charge in [0.05, 0.1) is 0 Å².